The number of carbonyl (C=O) groups is 2. The van der Waals surface area contributed by atoms with Gasteiger partial charge in [0.05, 0.1) is 6.54 Å². The molecule has 5 heteroatoms. The number of rotatable bonds is 6. The van der Waals surface area contributed by atoms with Crippen molar-refractivity contribution < 1.29 is 9.59 Å². The maximum Gasteiger partial charge on any atom is 0.238 e. The van der Waals surface area contributed by atoms with Crippen LogP contribution in [0.4, 0.5) is 5.69 Å². The Kier molecular flexibility index (Phi) is 5.90. The molecule has 2 N–H and O–H groups in total. The molecule has 0 heterocycles. The van der Waals surface area contributed by atoms with Gasteiger partial charge in [0.25, 0.3) is 0 Å². The number of Topliss-reactive ketones (excluding diaryl/α,β-unsaturated/α-hetero) is 1. The van der Waals surface area contributed by atoms with Gasteiger partial charge in [-0.15, -0.1) is 0 Å². The number of benzene rings is 2. The van der Waals surface area contributed by atoms with Gasteiger partial charge in [-0.05, 0) is 37.6 Å². The lowest BCUT2D eigenvalue weighted by Gasteiger charge is -2.15. The van der Waals surface area contributed by atoms with Crippen molar-refractivity contribution in [2.45, 2.75) is 19.9 Å². The smallest absolute Gasteiger partial charge is 0.238 e. The molecule has 0 radical (unpaired) electrons. The maximum atomic E-state index is 12.0. The molecule has 23 heavy (non-hydrogen) atoms. The Labute approximate surface area is 140 Å². The zero-order valence-corrected chi connectivity index (χ0v) is 13.9. The normalized spacial score (nSPS) is 11.8. The van der Waals surface area contributed by atoms with Gasteiger partial charge in [-0.3, -0.25) is 9.59 Å². The van der Waals surface area contributed by atoms with Gasteiger partial charge < -0.3 is 10.6 Å². The van der Waals surface area contributed by atoms with Crippen LogP contribution in [0.15, 0.2) is 48.5 Å². The Hall–Kier alpha value is -2.17. The molecule has 1 atom stereocenters. The Morgan fingerprint density at radius 1 is 1.13 bits per heavy atom. The predicted molar refractivity (Wildman–Crippen MR) is 92.9 cm³/mol. The topological polar surface area (TPSA) is 58.2 Å². The second-order valence-electron chi connectivity index (χ2n) is 5.31. The lowest BCUT2D eigenvalue weighted by Crippen LogP contribution is -2.30. The first kappa shape index (κ1) is 17.2. The molecule has 0 saturated heterocycles. The average Bonchev–Trinajstić information content (AvgIpc) is 2.53. The number of carbonyl (C=O) groups excluding carboxylic acids is 2. The molecule has 0 unspecified atom stereocenters. The van der Waals surface area contributed by atoms with Crippen LogP contribution in [0, 0.1) is 0 Å². The molecule has 0 aromatic heterocycles. The quantitative estimate of drug-likeness (QED) is 0.791. The van der Waals surface area contributed by atoms with Crippen LogP contribution in [0.1, 0.15) is 35.8 Å². The number of hydrogen-bond acceptors (Lipinski definition) is 3. The second-order valence-corrected chi connectivity index (χ2v) is 5.72. The highest BCUT2D eigenvalue weighted by molar-refractivity contribution is 6.31. The van der Waals surface area contributed by atoms with Crippen LogP contribution in [0.2, 0.25) is 5.02 Å². The highest BCUT2D eigenvalue weighted by Gasteiger charge is 2.11. The number of nitrogens with one attached hydrogen (secondary N) is 2. The summed E-state index contributed by atoms with van der Waals surface area (Å²) in [5.41, 5.74) is 2.12. The van der Waals surface area contributed by atoms with Gasteiger partial charge in [-0.1, -0.05) is 41.9 Å². The fourth-order valence-corrected chi connectivity index (χ4v) is 2.50. The summed E-state index contributed by atoms with van der Waals surface area (Å²) in [4.78, 5) is 23.4. The van der Waals surface area contributed by atoms with E-state index in [9.17, 15) is 9.59 Å². The minimum absolute atomic E-state index is 0.0356. The standard InChI is InChI=1S/C18H19ClN2O2/c1-12(16-8-3-4-9-17(16)19)20-11-18(23)21-15-7-5-6-14(10-15)13(2)22/h3-10,12,20H,11H2,1-2H3,(H,21,23)/t12-/m1/s1. The van der Waals surface area contributed by atoms with Gasteiger partial charge in [0, 0.05) is 22.3 Å². The first-order valence-corrected chi connectivity index (χ1v) is 7.74. The van der Waals surface area contributed by atoms with Crippen molar-refractivity contribution in [2.75, 3.05) is 11.9 Å². The minimum atomic E-state index is -0.176. The molecule has 0 aliphatic rings. The van der Waals surface area contributed by atoms with Gasteiger partial charge in [0.1, 0.15) is 0 Å². The van der Waals surface area contributed by atoms with Gasteiger partial charge >= 0.3 is 0 Å². The predicted octanol–water partition coefficient (Wildman–Crippen LogP) is 3.83. The lowest BCUT2D eigenvalue weighted by atomic mass is 10.1. The molecule has 1 amide bonds. The first-order chi connectivity index (χ1) is 11.0. The summed E-state index contributed by atoms with van der Waals surface area (Å²) in [5.74, 6) is -0.212. The largest absolute Gasteiger partial charge is 0.325 e. The van der Waals surface area contributed by atoms with E-state index in [1.54, 1.807) is 24.3 Å². The van der Waals surface area contributed by atoms with Crippen molar-refractivity contribution in [1.82, 2.24) is 5.32 Å². The maximum absolute atomic E-state index is 12.0. The third-order valence-electron chi connectivity index (χ3n) is 3.49. The molecular formula is C18H19ClN2O2. The molecule has 4 nitrogen and oxygen atoms in total. The number of ketones is 1. The number of amides is 1. The summed E-state index contributed by atoms with van der Waals surface area (Å²) in [5, 5.41) is 6.57. The molecule has 2 rings (SSSR count). The van der Waals surface area contributed by atoms with Crippen LogP contribution in [-0.2, 0) is 4.79 Å². The summed E-state index contributed by atoms with van der Waals surface area (Å²) in [6.45, 7) is 3.59. The molecule has 2 aromatic carbocycles. The van der Waals surface area contributed by atoms with Crippen LogP contribution < -0.4 is 10.6 Å². The van der Waals surface area contributed by atoms with Crippen LogP contribution in [0.3, 0.4) is 0 Å². The van der Waals surface area contributed by atoms with E-state index in [1.807, 2.05) is 31.2 Å². The molecule has 0 spiro atoms. The molecule has 2 aromatic rings. The van der Waals surface area contributed by atoms with Gasteiger partial charge in [0.2, 0.25) is 5.91 Å². The Bertz CT molecular complexity index is 716. The van der Waals surface area contributed by atoms with Crippen molar-refractivity contribution >= 4 is 29.0 Å². The third kappa shape index (κ3) is 4.91. The van der Waals surface area contributed by atoms with Crippen molar-refractivity contribution in [2.24, 2.45) is 0 Å². The van der Waals surface area contributed by atoms with Crippen LogP contribution in [0.5, 0.6) is 0 Å². The number of halogens is 1. The molecular weight excluding hydrogens is 312 g/mol. The highest BCUT2D eigenvalue weighted by Crippen LogP contribution is 2.21. The van der Waals surface area contributed by atoms with Crippen LogP contribution in [-0.4, -0.2) is 18.2 Å². The van der Waals surface area contributed by atoms with Gasteiger partial charge in [0.15, 0.2) is 5.78 Å². The zero-order chi connectivity index (χ0) is 16.8. The molecule has 0 fully saturated rings. The van der Waals surface area contributed by atoms with E-state index < -0.39 is 0 Å². The lowest BCUT2D eigenvalue weighted by molar-refractivity contribution is -0.115. The van der Waals surface area contributed by atoms with E-state index in [-0.39, 0.29) is 24.3 Å². The van der Waals surface area contributed by atoms with Gasteiger partial charge in [-0.25, -0.2) is 0 Å². The monoisotopic (exact) mass is 330 g/mol. The zero-order valence-electron chi connectivity index (χ0n) is 13.1. The molecule has 120 valence electrons. The minimum Gasteiger partial charge on any atom is -0.325 e. The first-order valence-electron chi connectivity index (χ1n) is 7.36. The summed E-state index contributed by atoms with van der Waals surface area (Å²) in [6.07, 6.45) is 0. The second kappa shape index (κ2) is 7.90. The van der Waals surface area contributed by atoms with E-state index in [0.717, 1.165) is 5.56 Å². The fraction of sp³-hybridized carbons (Fsp3) is 0.222. The van der Waals surface area contributed by atoms with Crippen molar-refractivity contribution in [3.63, 3.8) is 0 Å². The average molecular weight is 331 g/mol. The van der Waals surface area contributed by atoms with Gasteiger partial charge in [-0.2, -0.15) is 0 Å². The number of hydrogen-bond donors (Lipinski definition) is 2. The Balaban J connectivity index is 1.91. The third-order valence-corrected chi connectivity index (χ3v) is 3.84. The van der Waals surface area contributed by atoms with Crippen molar-refractivity contribution in [1.29, 1.82) is 0 Å². The molecule has 0 aliphatic carbocycles. The molecule has 0 aliphatic heterocycles. The summed E-state index contributed by atoms with van der Waals surface area (Å²) in [6, 6.07) is 14.4. The number of anilines is 1. The van der Waals surface area contributed by atoms with E-state index in [4.69, 9.17) is 11.6 Å². The van der Waals surface area contributed by atoms with Crippen LogP contribution in [0.25, 0.3) is 0 Å². The van der Waals surface area contributed by atoms with E-state index in [0.29, 0.717) is 16.3 Å². The Morgan fingerprint density at radius 3 is 2.57 bits per heavy atom. The van der Waals surface area contributed by atoms with Crippen LogP contribution >= 0.6 is 11.6 Å². The Morgan fingerprint density at radius 2 is 1.87 bits per heavy atom. The summed E-state index contributed by atoms with van der Waals surface area (Å²) < 4.78 is 0. The molecule has 0 saturated carbocycles. The fourth-order valence-electron chi connectivity index (χ4n) is 2.20. The summed E-state index contributed by atoms with van der Waals surface area (Å²) in [7, 11) is 0. The molecule has 0 bridgehead atoms. The summed E-state index contributed by atoms with van der Waals surface area (Å²) >= 11 is 6.14. The van der Waals surface area contributed by atoms with Crippen molar-refractivity contribution in [3.8, 4) is 0 Å². The van der Waals surface area contributed by atoms with E-state index in [2.05, 4.69) is 10.6 Å². The van der Waals surface area contributed by atoms with E-state index in [1.165, 1.54) is 6.92 Å². The highest BCUT2D eigenvalue weighted by atomic mass is 35.5. The SMILES string of the molecule is CC(=O)c1cccc(NC(=O)CN[C@H](C)c2ccccc2Cl)c1. The van der Waals surface area contributed by atoms with E-state index >= 15 is 0 Å². The van der Waals surface area contributed by atoms with Crippen molar-refractivity contribution in [3.05, 3.63) is 64.7 Å².